The zero-order valence-electron chi connectivity index (χ0n) is 18.1. The van der Waals surface area contributed by atoms with Crippen molar-refractivity contribution in [1.29, 1.82) is 0 Å². The van der Waals surface area contributed by atoms with Crippen molar-refractivity contribution >= 4 is 27.2 Å². The lowest BCUT2D eigenvalue weighted by molar-refractivity contribution is 0.243. The van der Waals surface area contributed by atoms with E-state index in [0.717, 1.165) is 59.4 Å². The highest BCUT2D eigenvalue weighted by atomic mass is 32.1. The summed E-state index contributed by atoms with van der Waals surface area (Å²) in [6.07, 6.45) is 0. The molecule has 1 aliphatic heterocycles. The standard InChI is InChI=1S/C25H26N4O2S/c1-2-31-21-11-7-6-10-20(21)29-14-12-28(13-15-29)16-22-26-24(30)23-19(17-32-25(23)27-22)18-8-4-3-5-9-18/h3-11,17H,2,12-16H2,1H3,(H,26,27,30). The largest absolute Gasteiger partial charge is 0.492 e. The average molecular weight is 447 g/mol. The van der Waals surface area contributed by atoms with Gasteiger partial charge in [-0.05, 0) is 24.6 Å². The first kappa shape index (κ1) is 20.7. The van der Waals surface area contributed by atoms with Crippen molar-refractivity contribution in [2.75, 3.05) is 37.7 Å². The van der Waals surface area contributed by atoms with E-state index in [1.54, 1.807) is 0 Å². The summed E-state index contributed by atoms with van der Waals surface area (Å²) in [4.78, 5) is 26.2. The molecule has 0 spiro atoms. The molecule has 1 aliphatic rings. The molecule has 0 atom stereocenters. The molecule has 32 heavy (non-hydrogen) atoms. The molecule has 1 N–H and O–H groups in total. The van der Waals surface area contributed by atoms with Crippen LogP contribution in [0.25, 0.3) is 21.3 Å². The number of thiophene rings is 1. The minimum atomic E-state index is -0.0608. The van der Waals surface area contributed by atoms with E-state index in [4.69, 9.17) is 9.72 Å². The van der Waals surface area contributed by atoms with E-state index in [0.29, 0.717) is 18.5 Å². The smallest absolute Gasteiger partial charge is 0.260 e. The summed E-state index contributed by atoms with van der Waals surface area (Å²) in [5, 5.41) is 2.71. The second kappa shape index (κ2) is 9.14. The third-order valence-corrected chi connectivity index (χ3v) is 6.70. The summed E-state index contributed by atoms with van der Waals surface area (Å²) in [7, 11) is 0. The Balaban J connectivity index is 1.30. The van der Waals surface area contributed by atoms with Gasteiger partial charge in [-0.2, -0.15) is 0 Å². The van der Waals surface area contributed by atoms with E-state index in [1.807, 2.05) is 54.8 Å². The van der Waals surface area contributed by atoms with Gasteiger partial charge in [0.1, 0.15) is 16.4 Å². The number of para-hydroxylation sites is 2. The van der Waals surface area contributed by atoms with Crippen molar-refractivity contribution in [3.05, 3.63) is 76.2 Å². The molecule has 2 aromatic heterocycles. The predicted molar refractivity (Wildman–Crippen MR) is 131 cm³/mol. The molecule has 0 unspecified atom stereocenters. The molecule has 1 fully saturated rings. The summed E-state index contributed by atoms with van der Waals surface area (Å²) in [5.74, 6) is 1.67. The van der Waals surface area contributed by atoms with Crippen molar-refractivity contribution in [1.82, 2.24) is 14.9 Å². The van der Waals surface area contributed by atoms with Gasteiger partial charge in [0.05, 0.1) is 24.2 Å². The van der Waals surface area contributed by atoms with Crippen LogP contribution < -0.4 is 15.2 Å². The fourth-order valence-corrected chi connectivity index (χ4v) is 5.22. The van der Waals surface area contributed by atoms with E-state index in [-0.39, 0.29) is 5.56 Å². The first-order valence-corrected chi connectivity index (χ1v) is 11.9. The van der Waals surface area contributed by atoms with Crippen molar-refractivity contribution in [2.24, 2.45) is 0 Å². The van der Waals surface area contributed by atoms with Crippen molar-refractivity contribution < 1.29 is 4.74 Å². The highest BCUT2D eigenvalue weighted by Crippen LogP contribution is 2.31. The van der Waals surface area contributed by atoms with Gasteiger partial charge in [0.25, 0.3) is 5.56 Å². The molecule has 0 saturated carbocycles. The molecule has 5 rings (SSSR count). The van der Waals surface area contributed by atoms with E-state index in [9.17, 15) is 4.79 Å². The Hall–Kier alpha value is -3.16. The molecule has 4 aromatic rings. The van der Waals surface area contributed by atoms with Crippen molar-refractivity contribution in [2.45, 2.75) is 13.5 Å². The Kier molecular flexibility index (Phi) is 5.92. The van der Waals surface area contributed by atoms with Gasteiger partial charge in [0, 0.05) is 37.1 Å². The van der Waals surface area contributed by atoms with E-state index in [2.05, 4.69) is 26.9 Å². The lowest BCUT2D eigenvalue weighted by Gasteiger charge is -2.36. The number of H-pyrrole nitrogens is 1. The Bertz CT molecular complexity index is 1260. The van der Waals surface area contributed by atoms with Crippen LogP contribution in [-0.2, 0) is 6.54 Å². The number of benzene rings is 2. The molecule has 0 aliphatic carbocycles. The maximum atomic E-state index is 12.9. The van der Waals surface area contributed by atoms with Crippen LogP contribution in [0.2, 0.25) is 0 Å². The molecule has 7 heteroatoms. The van der Waals surface area contributed by atoms with E-state index in [1.165, 1.54) is 11.3 Å². The normalized spacial score (nSPS) is 14.7. The number of rotatable bonds is 6. The van der Waals surface area contributed by atoms with Crippen LogP contribution in [0.5, 0.6) is 5.75 Å². The third-order valence-electron chi connectivity index (χ3n) is 5.83. The number of piperazine rings is 1. The van der Waals surface area contributed by atoms with Gasteiger partial charge in [0.15, 0.2) is 0 Å². The molecular weight excluding hydrogens is 420 g/mol. The number of aromatic nitrogens is 2. The van der Waals surface area contributed by atoms with E-state index >= 15 is 0 Å². The molecule has 1 saturated heterocycles. The van der Waals surface area contributed by atoms with Gasteiger partial charge in [-0.3, -0.25) is 9.69 Å². The minimum Gasteiger partial charge on any atom is -0.492 e. The maximum Gasteiger partial charge on any atom is 0.260 e. The highest BCUT2D eigenvalue weighted by molar-refractivity contribution is 7.17. The molecule has 0 radical (unpaired) electrons. The van der Waals surface area contributed by atoms with Crippen LogP contribution in [0.4, 0.5) is 5.69 Å². The third kappa shape index (κ3) is 4.13. The molecule has 164 valence electrons. The Morgan fingerprint density at radius 1 is 1.03 bits per heavy atom. The average Bonchev–Trinajstić information content (AvgIpc) is 3.26. The van der Waals surface area contributed by atoms with Crippen LogP contribution in [0, 0.1) is 0 Å². The molecule has 0 amide bonds. The van der Waals surface area contributed by atoms with Crippen molar-refractivity contribution in [3.8, 4) is 16.9 Å². The van der Waals surface area contributed by atoms with Gasteiger partial charge in [-0.25, -0.2) is 4.98 Å². The number of anilines is 1. The van der Waals surface area contributed by atoms with Crippen LogP contribution in [-0.4, -0.2) is 47.7 Å². The molecular formula is C25H26N4O2S. The second-order valence-electron chi connectivity index (χ2n) is 7.87. The molecule has 0 bridgehead atoms. The Morgan fingerprint density at radius 3 is 2.56 bits per heavy atom. The number of aromatic amines is 1. The summed E-state index contributed by atoms with van der Waals surface area (Å²) >= 11 is 1.53. The summed E-state index contributed by atoms with van der Waals surface area (Å²) in [5.41, 5.74) is 3.08. The fourth-order valence-electron chi connectivity index (χ4n) is 4.25. The summed E-state index contributed by atoms with van der Waals surface area (Å²) in [6.45, 7) is 6.94. The number of hydrogen-bond acceptors (Lipinski definition) is 6. The minimum absolute atomic E-state index is 0.0608. The lowest BCUT2D eigenvalue weighted by Crippen LogP contribution is -2.46. The zero-order valence-corrected chi connectivity index (χ0v) is 18.9. The highest BCUT2D eigenvalue weighted by Gasteiger charge is 2.21. The summed E-state index contributed by atoms with van der Waals surface area (Å²) in [6, 6.07) is 18.2. The topological polar surface area (TPSA) is 61.5 Å². The Labute approximate surface area is 191 Å². The first-order valence-electron chi connectivity index (χ1n) is 11.0. The van der Waals surface area contributed by atoms with Crippen LogP contribution in [0.3, 0.4) is 0 Å². The number of ether oxygens (including phenoxy) is 1. The van der Waals surface area contributed by atoms with Crippen LogP contribution in [0.1, 0.15) is 12.7 Å². The number of fused-ring (bicyclic) bond motifs is 1. The SMILES string of the molecule is CCOc1ccccc1N1CCN(Cc2nc3scc(-c4ccccc4)c3c(=O)[nH]2)CC1. The van der Waals surface area contributed by atoms with Gasteiger partial charge in [-0.1, -0.05) is 42.5 Å². The quantitative estimate of drug-likeness (QED) is 0.477. The zero-order chi connectivity index (χ0) is 21.9. The molecule has 2 aromatic carbocycles. The van der Waals surface area contributed by atoms with Crippen LogP contribution >= 0.6 is 11.3 Å². The first-order chi connectivity index (χ1) is 15.7. The summed E-state index contributed by atoms with van der Waals surface area (Å²) < 4.78 is 5.80. The number of nitrogens with zero attached hydrogens (tertiary/aromatic N) is 3. The van der Waals surface area contributed by atoms with Crippen molar-refractivity contribution in [3.63, 3.8) is 0 Å². The molecule has 3 heterocycles. The monoisotopic (exact) mass is 446 g/mol. The van der Waals surface area contributed by atoms with Gasteiger partial charge >= 0.3 is 0 Å². The fraction of sp³-hybridized carbons (Fsp3) is 0.280. The van der Waals surface area contributed by atoms with Gasteiger partial charge < -0.3 is 14.6 Å². The number of nitrogens with one attached hydrogen (secondary N) is 1. The Morgan fingerprint density at radius 2 is 1.78 bits per heavy atom. The second-order valence-corrected chi connectivity index (χ2v) is 8.73. The maximum absolute atomic E-state index is 12.9. The lowest BCUT2D eigenvalue weighted by atomic mass is 10.1. The predicted octanol–water partition coefficient (Wildman–Crippen LogP) is 4.37. The molecule has 6 nitrogen and oxygen atoms in total. The van der Waals surface area contributed by atoms with Crippen LogP contribution in [0.15, 0.2) is 64.8 Å². The van der Waals surface area contributed by atoms with Gasteiger partial charge in [0.2, 0.25) is 0 Å². The van der Waals surface area contributed by atoms with E-state index < -0.39 is 0 Å². The number of hydrogen-bond donors (Lipinski definition) is 1. The van der Waals surface area contributed by atoms with Gasteiger partial charge in [-0.15, -0.1) is 11.3 Å².